The standard InChI is InChI=1S/C16H24N2O4.C2HF3O2/c1-20-7-4-17-16(19)13-8-15-14(3-6-22-15)18(10-13)9-12-2-5-21-11-12;3-2(4,5)1(6)7/h2,5,11,13-15H,3-4,6-10H2,1H3,(H,17,19);(H,6,7)/t13-,14+,15+;/m0./s1. The number of amides is 1. The van der Waals surface area contributed by atoms with E-state index in [-0.39, 0.29) is 17.9 Å². The number of carboxylic acids is 1. The number of fused-ring (bicyclic) bond motifs is 1. The van der Waals surface area contributed by atoms with E-state index < -0.39 is 12.1 Å². The van der Waals surface area contributed by atoms with Crippen LogP contribution in [0.15, 0.2) is 23.0 Å². The van der Waals surface area contributed by atoms with Crippen LogP contribution in [-0.4, -0.2) is 73.6 Å². The number of furan rings is 1. The van der Waals surface area contributed by atoms with Crippen LogP contribution < -0.4 is 5.32 Å². The molecule has 2 aliphatic heterocycles. The number of halogens is 3. The van der Waals surface area contributed by atoms with Crippen LogP contribution in [0.25, 0.3) is 0 Å². The lowest BCUT2D eigenvalue weighted by atomic mass is 9.89. The molecule has 0 spiro atoms. The van der Waals surface area contributed by atoms with E-state index in [2.05, 4.69) is 10.2 Å². The highest BCUT2D eigenvalue weighted by Crippen LogP contribution is 2.32. The lowest BCUT2D eigenvalue weighted by Gasteiger charge is -2.40. The summed E-state index contributed by atoms with van der Waals surface area (Å²) in [6.45, 7) is 3.47. The zero-order valence-electron chi connectivity index (χ0n) is 16.0. The number of hydrogen-bond donors (Lipinski definition) is 2. The first-order valence-corrected chi connectivity index (χ1v) is 9.15. The Kier molecular flexibility index (Phi) is 8.47. The van der Waals surface area contributed by atoms with Gasteiger partial charge in [-0.15, -0.1) is 0 Å². The molecule has 0 saturated carbocycles. The number of carbonyl (C=O) groups excluding carboxylic acids is 1. The molecule has 29 heavy (non-hydrogen) atoms. The summed E-state index contributed by atoms with van der Waals surface area (Å²) in [5, 5.41) is 10.1. The Hall–Kier alpha value is -2.11. The van der Waals surface area contributed by atoms with E-state index >= 15 is 0 Å². The first-order chi connectivity index (χ1) is 13.7. The number of alkyl halides is 3. The Bertz CT molecular complexity index is 653. The van der Waals surface area contributed by atoms with E-state index in [4.69, 9.17) is 23.8 Å². The smallest absolute Gasteiger partial charge is 0.475 e. The number of ether oxygens (including phenoxy) is 2. The van der Waals surface area contributed by atoms with Gasteiger partial charge in [0.25, 0.3) is 0 Å². The van der Waals surface area contributed by atoms with Crippen molar-refractivity contribution in [2.45, 2.75) is 37.7 Å². The number of likely N-dealkylation sites (tertiary alicyclic amines) is 1. The third-order valence-electron chi connectivity index (χ3n) is 4.80. The molecule has 1 amide bonds. The molecule has 3 rings (SSSR count). The number of aliphatic carboxylic acids is 1. The first-order valence-electron chi connectivity index (χ1n) is 9.15. The van der Waals surface area contributed by atoms with E-state index in [0.29, 0.717) is 19.2 Å². The SMILES string of the molecule is COCCNC(=O)[C@H]1C[C@H]2OCC[C@H]2N(Cc2ccoc2)C1.O=C(O)C(F)(F)F. The van der Waals surface area contributed by atoms with Gasteiger partial charge < -0.3 is 24.3 Å². The van der Waals surface area contributed by atoms with Gasteiger partial charge >= 0.3 is 12.1 Å². The van der Waals surface area contributed by atoms with Crippen molar-refractivity contribution in [1.29, 1.82) is 0 Å². The third-order valence-corrected chi connectivity index (χ3v) is 4.80. The number of methoxy groups -OCH3 is 1. The Morgan fingerprint density at radius 3 is 2.72 bits per heavy atom. The summed E-state index contributed by atoms with van der Waals surface area (Å²) in [4.78, 5) is 23.6. The molecule has 1 aromatic heterocycles. The molecule has 0 unspecified atom stereocenters. The van der Waals surface area contributed by atoms with Crippen molar-refractivity contribution in [2.75, 3.05) is 33.4 Å². The average Bonchev–Trinajstić information content (AvgIpc) is 3.33. The van der Waals surface area contributed by atoms with Crippen LogP contribution >= 0.6 is 0 Å². The van der Waals surface area contributed by atoms with Crippen LogP contribution in [0.5, 0.6) is 0 Å². The number of nitrogens with zero attached hydrogens (tertiary/aromatic N) is 1. The zero-order valence-corrected chi connectivity index (χ0v) is 16.0. The minimum atomic E-state index is -5.08. The maximum atomic E-state index is 12.3. The van der Waals surface area contributed by atoms with Crippen molar-refractivity contribution >= 4 is 11.9 Å². The summed E-state index contributed by atoms with van der Waals surface area (Å²) >= 11 is 0. The molecule has 2 saturated heterocycles. The molecular weight excluding hydrogens is 397 g/mol. The molecule has 2 N–H and O–H groups in total. The maximum Gasteiger partial charge on any atom is 0.490 e. The normalized spacial score (nSPS) is 24.3. The summed E-state index contributed by atoms with van der Waals surface area (Å²) in [5.41, 5.74) is 1.14. The second-order valence-electron chi connectivity index (χ2n) is 6.85. The summed E-state index contributed by atoms with van der Waals surface area (Å²) < 4.78 is 47.7. The zero-order chi connectivity index (χ0) is 21.4. The summed E-state index contributed by atoms with van der Waals surface area (Å²) in [6, 6.07) is 2.39. The van der Waals surface area contributed by atoms with Gasteiger partial charge in [-0.2, -0.15) is 13.2 Å². The van der Waals surface area contributed by atoms with Crippen molar-refractivity contribution < 1.29 is 41.8 Å². The molecule has 2 aliphatic rings. The van der Waals surface area contributed by atoms with Gasteiger partial charge in [0.05, 0.1) is 31.2 Å². The fraction of sp³-hybridized carbons (Fsp3) is 0.667. The van der Waals surface area contributed by atoms with Crippen LogP contribution in [0.1, 0.15) is 18.4 Å². The van der Waals surface area contributed by atoms with Crippen molar-refractivity contribution in [1.82, 2.24) is 10.2 Å². The van der Waals surface area contributed by atoms with Crippen LogP contribution in [-0.2, 0) is 25.6 Å². The predicted molar refractivity (Wildman–Crippen MR) is 93.9 cm³/mol. The highest BCUT2D eigenvalue weighted by atomic mass is 19.4. The molecule has 0 bridgehead atoms. The lowest BCUT2D eigenvalue weighted by molar-refractivity contribution is -0.192. The third kappa shape index (κ3) is 7.02. The Balaban J connectivity index is 0.000000370. The highest BCUT2D eigenvalue weighted by Gasteiger charge is 2.42. The number of carboxylic acid groups (broad SMARTS) is 1. The van der Waals surface area contributed by atoms with Crippen molar-refractivity contribution in [3.63, 3.8) is 0 Å². The highest BCUT2D eigenvalue weighted by molar-refractivity contribution is 5.79. The average molecular weight is 422 g/mol. The van der Waals surface area contributed by atoms with E-state index in [1.165, 1.54) is 0 Å². The fourth-order valence-electron chi connectivity index (χ4n) is 3.46. The van der Waals surface area contributed by atoms with E-state index in [9.17, 15) is 18.0 Å². The minimum Gasteiger partial charge on any atom is -0.475 e. The lowest BCUT2D eigenvalue weighted by Crippen LogP contribution is -2.52. The number of nitrogens with one attached hydrogen (secondary N) is 1. The first kappa shape index (κ1) is 23.2. The van der Waals surface area contributed by atoms with Gasteiger partial charge in [0.1, 0.15) is 0 Å². The second-order valence-corrected chi connectivity index (χ2v) is 6.85. The number of rotatable bonds is 6. The number of piperidine rings is 1. The number of hydrogen-bond acceptors (Lipinski definition) is 6. The monoisotopic (exact) mass is 422 g/mol. The molecule has 0 aliphatic carbocycles. The van der Waals surface area contributed by atoms with Crippen LogP contribution in [0.3, 0.4) is 0 Å². The van der Waals surface area contributed by atoms with Crippen molar-refractivity contribution in [3.05, 3.63) is 24.2 Å². The molecule has 2 fully saturated rings. The summed E-state index contributed by atoms with van der Waals surface area (Å²) in [5.74, 6) is -2.68. The molecule has 0 radical (unpaired) electrons. The quantitative estimate of drug-likeness (QED) is 0.673. The Morgan fingerprint density at radius 2 is 2.14 bits per heavy atom. The second kappa shape index (κ2) is 10.6. The molecule has 1 aromatic rings. The van der Waals surface area contributed by atoms with Crippen LogP contribution in [0.4, 0.5) is 13.2 Å². The summed E-state index contributed by atoms with van der Waals surface area (Å²) in [7, 11) is 1.64. The topological polar surface area (TPSA) is 101 Å². The van der Waals surface area contributed by atoms with E-state index in [1.807, 2.05) is 6.07 Å². The Labute approximate surface area is 165 Å². The van der Waals surface area contributed by atoms with Gasteiger partial charge in [0, 0.05) is 45.0 Å². The van der Waals surface area contributed by atoms with Crippen LogP contribution in [0.2, 0.25) is 0 Å². The molecule has 164 valence electrons. The molecular formula is C18H25F3N2O6. The maximum absolute atomic E-state index is 12.3. The van der Waals surface area contributed by atoms with Gasteiger partial charge in [-0.25, -0.2) is 4.79 Å². The molecule has 11 heteroatoms. The van der Waals surface area contributed by atoms with Gasteiger partial charge in [0.15, 0.2) is 0 Å². The van der Waals surface area contributed by atoms with Gasteiger partial charge in [-0.1, -0.05) is 0 Å². The largest absolute Gasteiger partial charge is 0.490 e. The fourth-order valence-corrected chi connectivity index (χ4v) is 3.46. The van der Waals surface area contributed by atoms with E-state index in [0.717, 1.165) is 38.1 Å². The molecule has 3 heterocycles. The molecule has 0 aromatic carbocycles. The van der Waals surface area contributed by atoms with Crippen molar-refractivity contribution in [2.24, 2.45) is 5.92 Å². The van der Waals surface area contributed by atoms with Crippen LogP contribution in [0, 0.1) is 5.92 Å². The minimum absolute atomic E-state index is 0.0249. The van der Waals surface area contributed by atoms with Gasteiger partial charge in [-0.05, 0) is 18.9 Å². The van der Waals surface area contributed by atoms with E-state index in [1.54, 1.807) is 19.6 Å². The molecule has 3 atom stereocenters. The Morgan fingerprint density at radius 1 is 1.41 bits per heavy atom. The molecule has 8 nitrogen and oxygen atoms in total. The van der Waals surface area contributed by atoms with Gasteiger partial charge in [-0.3, -0.25) is 9.69 Å². The van der Waals surface area contributed by atoms with Gasteiger partial charge in [0.2, 0.25) is 5.91 Å². The summed E-state index contributed by atoms with van der Waals surface area (Å²) in [6.07, 6.45) is 0.398. The van der Waals surface area contributed by atoms with Crippen molar-refractivity contribution in [3.8, 4) is 0 Å². The predicted octanol–water partition coefficient (Wildman–Crippen LogP) is 1.65. The number of carbonyl (C=O) groups is 2.